The van der Waals surface area contributed by atoms with Crippen LogP contribution in [0.4, 0.5) is 45.5 Å². The number of nitrogens with zero attached hydrogens (tertiary/aromatic N) is 2. The summed E-state index contributed by atoms with van der Waals surface area (Å²) in [6.07, 6.45) is 0. The van der Waals surface area contributed by atoms with Crippen molar-refractivity contribution >= 4 is 67.0 Å². The van der Waals surface area contributed by atoms with Crippen molar-refractivity contribution in [2.75, 3.05) is 15.1 Å². The summed E-state index contributed by atoms with van der Waals surface area (Å²) in [5, 5.41) is 8.84. The SMILES string of the molecule is c1ccc(-c2c3ccccc3c(-c3cccc(Nc4cc(N(c5ccccc5)c5ccccc5)cc(N(c5ccccc5)c5ccccc5)c4)c3)c3ccccc23)cc1. The predicted molar refractivity (Wildman–Crippen MR) is 251 cm³/mol. The van der Waals surface area contributed by atoms with Crippen molar-refractivity contribution in [1.29, 1.82) is 0 Å². The van der Waals surface area contributed by atoms with Crippen molar-refractivity contribution in [2.45, 2.75) is 0 Å². The summed E-state index contributed by atoms with van der Waals surface area (Å²) in [7, 11) is 0. The minimum Gasteiger partial charge on any atom is -0.355 e. The molecule has 0 fully saturated rings. The van der Waals surface area contributed by atoms with Crippen LogP contribution in [0.3, 0.4) is 0 Å². The number of fused-ring (bicyclic) bond motifs is 2. The highest BCUT2D eigenvalue weighted by atomic mass is 15.2. The Balaban J connectivity index is 1.15. The van der Waals surface area contributed by atoms with E-state index in [0.29, 0.717) is 0 Å². The lowest BCUT2D eigenvalue weighted by atomic mass is 9.86. The minimum atomic E-state index is 0.970. The van der Waals surface area contributed by atoms with Crippen LogP contribution in [0.25, 0.3) is 43.8 Å². The number of benzene rings is 10. The van der Waals surface area contributed by atoms with Gasteiger partial charge in [0.25, 0.3) is 0 Å². The van der Waals surface area contributed by atoms with Gasteiger partial charge in [-0.2, -0.15) is 0 Å². The molecule has 10 aromatic rings. The molecule has 0 aliphatic carbocycles. The monoisotopic (exact) mass is 755 g/mol. The molecule has 0 saturated carbocycles. The summed E-state index contributed by atoms with van der Waals surface area (Å²) in [6, 6.07) is 86.5. The van der Waals surface area contributed by atoms with Crippen LogP contribution in [0.1, 0.15) is 0 Å². The van der Waals surface area contributed by atoms with E-state index in [1.807, 2.05) is 0 Å². The molecule has 3 heteroatoms. The molecule has 10 aromatic carbocycles. The Kier molecular flexibility index (Phi) is 9.59. The standard InChI is InChI=1S/C56H41N3/c1-6-21-41(22-7-1)55-51-33-16-18-35-53(51)56(54-36-19-17-34-52(54)55)42-23-20-24-43(37-42)57-44-38-49(58(45-25-8-2-9-26-45)46-27-10-3-11-28-46)40-50(39-44)59(47-29-12-4-13-30-47)48-31-14-5-15-32-48/h1-40,57H. The summed E-state index contributed by atoms with van der Waals surface area (Å²) in [5.41, 5.74) is 13.2. The maximum absolute atomic E-state index is 3.89. The highest BCUT2D eigenvalue weighted by Gasteiger charge is 2.20. The van der Waals surface area contributed by atoms with Gasteiger partial charge in [-0.1, -0.05) is 164 Å². The van der Waals surface area contributed by atoms with Crippen LogP contribution in [-0.2, 0) is 0 Å². The molecule has 0 heterocycles. The predicted octanol–water partition coefficient (Wildman–Crippen LogP) is 16.0. The smallest absolute Gasteiger partial charge is 0.0503 e. The van der Waals surface area contributed by atoms with Crippen molar-refractivity contribution in [3.63, 3.8) is 0 Å². The van der Waals surface area contributed by atoms with Crippen LogP contribution in [0.2, 0.25) is 0 Å². The zero-order chi connectivity index (χ0) is 39.4. The van der Waals surface area contributed by atoms with E-state index in [0.717, 1.165) is 51.1 Å². The summed E-state index contributed by atoms with van der Waals surface area (Å²) in [4.78, 5) is 4.65. The van der Waals surface area contributed by atoms with E-state index in [4.69, 9.17) is 0 Å². The molecule has 0 saturated heterocycles. The molecule has 0 bridgehead atoms. The van der Waals surface area contributed by atoms with Gasteiger partial charge in [-0.15, -0.1) is 0 Å². The quantitative estimate of drug-likeness (QED) is 0.140. The number of nitrogens with one attached hydrogen (secondary N) is 1. The van der Waals surface area contributed by atoms with Crippen molar-refractivity contribution < 1.29 is 0 Å². The third-order valence-corrected chi connectivity index (χ3v) is 10.9. The molecule has 0 radical (unpaired) electrons. The van der Waals surface area contributed by atoms with Crippen LogP contribution >= 0.6 is 0 Å². The first-order valence-electron chi connectivity index (χ1n) is 20.1. The van der Waals surface area contributed by atoms with Crippen LogP contribution in [0.5, 0.6) is 0 Å². The van der Waals surface area contributed by atoms with Crippen molar-refractivity contribution in [3.8, 4) is 22.3 Å². The van der Waals surface area contributed by atoms with Crippen LogP contribution in [0, 0.1) is 0 Å². The van der Waals surface area contributed by atoms with E-state index in [1.54, 1.807) is 0 Å². The third-order valence-electron chi connectivity index (χ3n) is 10.9. The first-order chi connectivity index (χ1) is 29.3. The summed E-state index contributed by atoms with van der Waals surface area (Å²) in [6.45, 7) is 0. The van der Waals surface area contributed by atoms with E-state index in [-0.39, 0.29) is 0 Å². The summed E-state index contributed by atoms with van der Waals surface area (Å²) >= 11 is 0. The first-order valence-corrected chi connectivity index (χ1v) is 20.1. The molecule has 10 rings (SSSR count). The van der Waals surface area contributed by atoms with E-state index < -0.39 is 0 Å². The molecule has 0 unspecified atom stereocenters. The number of para-hydroxylation sites is 4. The molecule has 0 amide bonds. The normalized spacial score (nSPS) is 11.1. The molecule has 3 nitrogen and oxygen atoms in total. The molecule has 59 heavy (non-hydrogen) atoms. The van der Waals surface area contributed by atoms with Gasteiger partial charge in [0.05, 0.1) is 11.4 Å². The Morgan fingerprint density at radius 1 is 0.237 bits per heavy atom. The Morgan fingerprint density at radius 2 is 0.576 bits per heavy atom. The Morgan fingerprint density at radius 3 is 0.983 bits per heavy atom. The number of hydrogen-bond donors (Lipinski definition) is 1. The third kappa shape index (κ3) is 7.07. The van der Waals surface area contributed by atoms with Crippen molar-refractivity contribution in [1.82, 2.24) is 0 Å². The van der Waals surface area contributed by atoms with E-state index in [2.05, 4.69) is 258 Å². The highest BCUT2D eigenvalue weighted by Crippen LogP contribution is 2.45. The maximum atomic E-state index is 3.89. The van der Waals surface area contributed by atoms with Gasteiger partial charge >= 0.3 is 0 Å². The lowest BCUT2D eigenvalue weighted by Crippen LogP contribution is -2.13. The Hall–Kier alpha value is -7.88. The van der Waals surface area contributed by atoms with Gasteiger partial charge in [-0.3, -0.25) is 0 Å². The van der Waals surface area contributed by atoms with Crippen molar-refractivity contribution in [2.24, 2.45) is 0 Å². The fourth-order valence-electron chi connectivity index (χ4n) is 8.40. The Labute approximate surface area is 345 Å². The van der Waals surface area contributed by atoms with Gasteiger partial charge < -0.3 is 15.1 Å². The molecular formula is C56H41N3. The first kappa shape index (κ1) is 35.5. The number of hydrogen-bond acceptors (Lipinski definition) is 3. The molecule has 280 valence electrons. The van der Waals surface area contributed by atoms with Gasteiger partial charge in [-0.05, 0) is 123 Å². The minimum absolute atomic E-state index is 0.970. The van der Waals surface area contributed by atoms with E-state index in [9.17, 15) is 0 Å². The van der Waals surface area contributed by atoms with Gasteiger partial charge in [0.2, 0.25) is 0 Å². The second kappa shape index (κ2) is 15.9. The maximum Gasteiger partial charge on any atom is 0.0503 e. The molecule has 0 atom stereocenters. The molecule has 0 aliphatic rings. The average molecular weight is 756 g/mol. The van der Waals surface area contributed by atoms with Gasteiger partial charge in [0, 0.05) is 34.1 Å². The second-order valence-corrected chi connectivity index (χ2v) is 14.7. The zero-order valence-corrected chi connectivity index (χ0v) is 32.5. The average Bonchev–Trinajstić information content (AvgIpc) is 3.30. The number of rotatable bonds is 10. The second-order valence-electron chi connectivity index (χ2n) is 14.7. The highest BCUT2D eigenvalue weighted by molar-refractivity contribution is 6.21. The molecule has 1 N–H and O–H groups in total. The summed E-state index contributed by atoms with van der Waals surface area (Å²) in [5.74, 6) is 0. The topological polar surface area (TPSA) is 18.5 Å². The van der Waals surface area contributed by atoms with E-state index in [1.165, 1.54) is 38.2 Å². The van der Waals surface area contributed by atoms with E-state index >= 15 is 0 Å². The number of anilines is 8. The molecule has 0 aromatic heterocycles. The lowest BCUT2D eigenvalue weighted by Gasteiger charge is -2.30. The molecular weight excluding hydrogens is 715 g/mol. The van der Waals surface area contributed by atoms with Crippen LogP contribution < -0.4 is 15.1 Å². The van der Waals surface area contributed by atoms with Gasteiger partial charge in [-0.25, -0.2) is 0 Å². The fraction of sp³-hybridized carbons (Fsp3) is 0. The van der Waals surface area contributed by atoms with Crippen molar-refractivity contribution in [3.05, 3.63) is 243 Å². The van der Waals surface area contributed by atoms with Crippen LogP contribution in [0.15, 0.2) is 243 Å². The zero-order valence-electron chi connectivity index (χ0n) is 32.5. The van der Waals surface area contributed by atoms with Gasteiger partial charge in [0.15, 0.2) is 0 Å². The largest absolute Gasteiger partial charge is 0.355 e. The summed E-state index contributed by atoms with van der Waals surface area (Å²) < 4.78 is 0. The Bertz CT molecular complexity index is 2770. The van der Waals surface area contributed by atoms with Gasteiger partial charge in [0.1, 0.15) is 0 Å². The van der Waals surface area contributed by atoms with Crippen LogP contribution in [-0.4, -0.2) is 0 Å². The molecule has 0 aliphatic heterocycles. The fourth-order valence-corrected chi connectivity index (χ4v) is 8.40. The molecule has 0 spiro atoms. The lowest BCUT2D eigenvalue weighted by molar-refractivity contribution is 1.25.